The van der Waals surface area contributed by atoms with Crippen molar-refractivity contribution < 1.29 is 21.6 Å². The number of nitrogen functional groups attached to an aromatic ring is 1. The van der Waals surface area contributed by atoms with Gasteiger partial charge in [-0.2, -0.15) is 13.2 Å². The van der Waals surface area contributed by atoms with Crippen LogP contribution in [0.3, 0.4) is 0 Å². The standard InChI is InChI=1S/C11H15F3N2O2S/c1-7-3-4-9(15)8(2)10(7)19(17,18)16-6-5-11(12,13)14/h3-4,16H,5-6,15H2,1-2H3. The molecule has 0 aromatic heterocycles. The molecule has 1 aromatic rings. The first-order valence-electron chi connectivity index (χ1n) is 5.46. The molecule has 3 N–H and O–H groups in total. The molecule has 108 valence electrons. The van der Waals surface area contributed by atoms with Gasteiger partial charge in [0.05, 0.1) is 11.3 Å². The van der Waals surface area contributed by atoms with Gasteiger partial charge in [-0.05, 0) is 31.0 Å². The zero-order chi connectivity index (χ0) is 14.8. The van der Waals surface area contributed by atoms with Crippen molar-refractivity contribution in [1.82, 2.24) is 4.72 Å². The fraction of sp³-hybridized carbons (Fsp3) is 0.455. The van der Waals surface area contributed by atoms with Gasteiger partial charge in [-0.3, -0.25) is 0 Å². The number of alkyl halides is 3. The summed E-state index contributed by atoms with van der Waals surface area (Å²) in [6, 6.07) is 3.07. The van der Waals surface area contributed by atoms with E-state index in [1.807, 2.05) is 4.72 Å². The van der Waals surface area contributed by atoms with E-state index in [2.05, 4.69) is 0 Å². The maximum Gasteiger partial charge on any atom is 0.390 e. The summed E-state index contributed by atoms with van der Waals surface area (Å²) in [6.07, 6.45) is -5.62. The number of aryl methyl sites for hydroxylation is 1. The molecule has 0 heterocycles. The van der Waals surface area contributed by atoms with Crippen LogP contribution >= 0.6 is 0 Å². The highest BCUT2D eigenvalue weighted by molar-refractivity contribution is 7.89. The Kier molecular flexibility index (Phi) is 4.46. The van der Waals surface area contributed by atoms with Crippen LogP contribution in [0.2, 0.25) is 0 Å². The topological polar surface area (TPSA) is 72.2 Å². The third-order valence-electron chi connectivity index (χ3n) is 2.61. The molecule has 0 fully saturated rings. The van der Waals surface area contributed by atoms with Crippen LogP contribution in [0.1, 0.15) is 17.5 Å². The molecule has 1 aromatic carbocycles. The van der Waals surface area contributed by atoms with Crippen molar-refractivity contribution in [3.63, 3.8) is 0 Å². The summed E-state index contributed by atoms with van der Waals surface area (Å²) in [6.45, 7) is 2.38. The monoisotopic (exact) mass is 296 g/mol. The van der Waals surface area contributed by atoms with E-state index in [0.717, 1.165) is 0 Å². The first-order valence-corrected chi connectivity index (χ1v) is 6.95. The molecule has 1 rings (SSSR count). The van der Waals surface area contributed by atoms with Gasteiger partial charge in [-0.1, -0.05) is 6.07 Å². The lowest BCUT2D eigenvalue weighted by Crippen LogP contribution is -2.29. The molecule has 0 spiro atoms. The summed E-state index contributed by atoms with van der Waals surface area (Å²) >= 11 is 0. The number of nitrogens with one attached hydrogen (secondary N) is 1. The zero-order valence-corrected chi connectivity index (χ0v) is 11.3. The van der Waals surface area contributed by atoms with E-state index in [1.54, 1.807) is 13.0 Å². The second-order valence-electron chi connectivity index (χ2n) is 4.19. The van der Waals surface area contributed by atoms with Gasteiger partial charge in [0.25, 0.3) is 0 Å². The Morgan fingerprint density at radius 3 is 2.37 bits per heavy atom. The summed E-state index contributed by atoms with van der Waals surface area (Å²) < 4.78 is 61.9. The van der Waals surface area contributed by atoms with E-state index in [0.29, 0.717) is 11.1 Å². The first-order chi connectivity index (χ1) is 8.54. The molecule has 0 saturated heterocycles. The van der Waals surface area contributed by atoms with Crippen molar-refractivity contribution in [2.24, 2.45) is 0 Å². The van der Waals surface area contributed by atoms with E-state index in [-0.39, 0.29) is 10.6 Å². The van der Waals surface area contributed by atoms with Crippen LogP contribution < -0.4 is 10.5 Å². The Morgan fingerprint density at radius 2 is 1.84 bits per heavy atom. The van der Waals surface area contributed by atoms with E-state index >= 15 is 0 Å². The lowest BCUT2D eigenvalue weighted by molar-refractivity contribution is -0.132. The molecular weight excluding hydrogens is 281 g/mol. The lowest BCUT2D eigenvalue weighted by Gasteiger charge is -2.14. The molecule has 0 atom stereocenters. The van der Waals surface area contributed by atoms with Crippen LogP contribution in [0.15, 0.2) is 17.0 Å². The Labute approximate surface area is 109 Å². The smallest absolute Gasteiger partial charge is 0.390 e. The van der Waals surface area contributed by atoms with Gasteiger partial charge < -0.3 is 5.73 Å². The van der Waals surface area contributed by atoms with Crippen LogP contribution in [0.4, 0.5) is 18.9 Å². The SMILES string of the molecule is Cc1ccc(N)c(C)c1S(=O)(=O)NCCC(F)(F)F. The number of benzene rings is 1. The maximum absolute atomic E-state index is 12.0. The Morgan fingerprint density at radius 1 is 1.26 bits per heavy atom. The van der Waals surface area contributed by atoms with Crippen LogP contribution in [0.25, 0.3) is 0 Å². The molecule has 0 aliphatic carbocycles. The molecule has 19 heavy (non-hydrogen) atoms. The van der Waals surface area contributed by atoms with E-state index in [9.17, 15) is 21.6 Å². The van der Waals surface area contributed by atoms with Gasteiger partial charge in [0.15, 0.2) is 0 Å². The van der Waals surface area contributed by atoms with Crippen molar-refractivity contribution in [1.29, 1.82) is 0 Å². The van der Waals surface area contributed by atoms with Gasteiger partial charge in [-0.25, -0.2) is 13.1 Å². The number of halogens is 3. The van der Waals surface area contributed by atoms with Crippen LogP contribution in [0, 0.1) is 13.8 Å². The van der Waals surface area contributed by atoms with Gasteiger partial charge >= 0.3 is 6.18 Å². The Hall–Kier alpha value is -1.28. The number of anilines is 1. The molecule has 4 nitrogen and oxygen atoms in total. The van der Waals surface area contributed by atoms with Crippen molar-refractivity contribution in [3.05, 3.63) is 23.3 Å². The van der Waals surface area contributed by atoms with E-state index in [1.165, 1.54) is 13.0 Å². The number of sulfonamides is 1. The molecule has 0 unspecified atom stereocenters. The fourth-order valence-electron chi connectivity index (χ4n) is 1.66. The summed E-state index contributed by atoms with van der Waals surface area (Å²) in [5, 5.41) is 0. The highest BCUT2D eigenvalue weighted by Crippen LogP contribution is 2.25. The molecular formula is C11H15F3N2O2S. The molecule has 0 amide bonds. The third kappa shape index (κ3) is 4.10. The highest BCUT2D eigenvalue weighted by Gasteiger charge is 2.28. The quantitative estimate of drug-likeness (QED) is 0.836. The average molecular weight is 296 g/mol. The predicted octanol–water partition coefficient (Wildman–Crippen LogP) is 2.12. The number of hydrogen-bond acceptors (Lipinski definition) is 3. The van der Waals surface area contributed by atoms with Crippen LogP contribution in [-0.2, 0) is 10.0 Å². The fourth-order valence-corrected chi connectivity index (χ4v) is 3.18. The van der Waals surface area contributed by atoms with E-state index < -0.39 is 29.2 Å². The molecule has 0 aliphatic rings. The van der Waals surface area contributed by atoms with Crippen LogP contribution in [-0.4, -0.2) is 21.1 Å². The van der Waals surface area contributed by atoms with Gasteiger partial charge in [0.2, 0.25) is 10.0 Å². The second kappa shape index (κ2) is 5.38. The van der Waals surface area contributed by atoms with Gasteiger partial charge in [0.1, 0.15) is 0 Å². The van der Waals surface area contributed by atoms with Crippen molar-refractivity contribution in [2.45, 2.75) is 31.3 Å². The molecule has 0 radical (unpaired) electrons. The lowest BCUT2D eigenvalue weighted by atomic mass is 10.1. The minimum atomic E-state index is -4.40. The van der Waals surface area contributed by atoms with Crippen LogP contribution in [0.5, 0.6) is 0 Å². The van der Waals surface area contributed by atoms with Gasteiger partial charge in [-0.15, -0.1) is 0 Å². The maximum atomic E-state index is 12.0. The number of nitrogens with two attached hydrogens (primary N) is 1. The largest absolute Gasteiger partial charge is 0.398 e. The normalized spacial score (nSPS) is 12.7. The Bertz CT molecular complexity index is 568. The first kappa shape index (κ1) is 15.8. The highest BCUT2D eigenvalue weighted by atomic mass is 32.2. The van der Waals surface area contributed by atoms with Crippen molar-refractivity contribution in [2.75, 3.05) is 12.3 Å². The second-order valence-corrected chi connectivity index (χ2v) is 5.89. The predicted molar refractivity (Wildman–Crippen MR) is 66.2 cm³/mol. The summed E-state index contributed by atoms with van der Waals surface area (Å²) in [5.41, 5.74) is 6.66. The number of hydrogen-bond donors (Lipinski definition) is 2. The molecule has 0 bridgehead atoms. The molecule has 0 aliphatic heterocycles. The summed E-state index contributed by atoms with van der Waals surface area (Å²) in [7, 11) is -4.00. The van der Waals surface area contributed by atoms with Crippen molar-refractivity contribution >= 4 is 15.7 Å². The summed E-state index contributed by atoms with van der Waals surface area (Å²) in [4.78, 5) is -0.0605. The minimum absolute atomic E-state index is 0.0605. The average Bonchev–Trinajstić information content (AvgIpc) is 2.21. The van der Waals surface area contributed by atoms with Gasteiger partial charge in [0, 0.05) is 12.2 Å². The zero-order valence-electron chi connectivity index (χ0n) is 10.5. The van der Waals surface area contributed by atoms with Crippen molar-refractivity contribution in [3.8, 4) is 0 Å². The summed E-state index contributed by atoms with van der Waals surface area (Å²) in [5.74, 6) is 0. The minimum Gasteiger partial charge on any atom is -0.398 e. The third-order valence-corrected chi connectivity index (χ3v) is 4.36. The Balaban J connectivity index is 2.99. The molecule has 8 heteroatoms. The number of rotatable bonds is 4. The molecule has 0 saturated carbocycles. The van der Waals surface area contributed by atoms with E-state index in [4.69, 9.17) is 5.73 Å².